The highest BCUT2D eigenvalue weighted by Gasteiger charge is 2.27. The number of rotatable bonds is 6. The second kappa shape index (κ2) is 9.59. The number of ether oxygens (including phenoxy) is 1. The smallest absolute Gasteiger partial charge is 0.236 e. The number of hydrogen-bond donors (Lipinski definition) is 0. The van der Waals surface area contributed by atoms with E-state index in [1.165, 1.54) is 18.4 Å². The van der Waals surface area contributed by atoms with Crippen LogP contribution in [0, 0.1) is 11.8 Å². The van der Waals surface area contributed by atoms with Gasteiger partial charge in [-0.05, 0) is 61.9 Å². The van der Waals surface area contributed by atoms with E-state index in [1.54, 1.807) is 0 Å². The minimum absolute atomic E-state index is 0.225. The van der Waals surface area contributed by atoms with E-state index in [-0.39, 0.29) is 6.10 Å². The summed E-state index contributed by atoms with van der Waals surface area (Å²) in [6.45, 7) is 11.2. The number of carbonyl (C=O) groups is 1. The fraction of sp³-hybridized carbons (Fsp3) is 0.696. The summed E-state index contributed by atoms with van der Waals surface area (Å²) in [5, 5.41) is 0. The third-order valence-electron chi connectivity index (χ3n) is 6.36. The highest BCUT2D eigenvalue weighted by Crippen LogP contribution is 2.25. The lowest BCUT2D eigenvalue weighted by Crippen LogP contribution is -2.47. The Bertz CT molecular complexity index is 583. The SMILES string of the molecule is CCc1ccc(OC2CCN(C(=O)CN3CCC(C(C)C)CC3)CC2)cc1. The normalized spacial score (nSPS) is 20.2. The summed E-state index contributed by atoms with van der Waals surface area (Å²) in [7, 11) is 0. The van der Waals surface area contributed by atoms with Crippen LogP contribution in [0.3, 0.4) is 0 Å². The molecule has 2 heterocycles. The van der Waals surface area contributed by atoms with Gasteiger partial charge in [-0.25, -0.2) is 0 Å². The summed E-state index contributed by atoms with van der Waals surface area (Å²) in [6, 6.07) is 8.40. The Morgan fingerprint density at radius 3 is 2.22 bits per heavy atom. The molecular formula is C23H36N2O2. The van der Waals surface area contributed by atoms with Gasteiger partial charge in [0.05, 0.1) is 6.54 Å². The first-order valence-corrected chi connectivity index (χ1v) is 10.8. The molecule has 0 aliphatic carbocycles. The Balaban J connectivity index is 1.39. The number of piperidine rings is 2. The van der Waals surface area contributed by atoms with E-state index in [0.29, 0.717) is 12.5 Å². The fourth-order valence-electron chi connectivity index (χ4n) is 4.29. The first kappa shape index (κ1) is 20.2. The van der Waals surface area contributed by atoms with Gasteiger partial charge in [0, 0.05) is 25.9 Å². The van der Waals surface area contributed by atoms with Crippen LogP contribution < -0.4 is 4.74 Å². The number of benzene rings is 1. The Kier molecular flexibility index (Phi) is 7.17. The molecule has 3 rings (SSSR count). The molecule has 2 aliphatic rings. The van der Waals surface area contributed by atoms with Crippen LogP contribution in [0.15, 0.2) is 24.3 Å². The molecule has 0 bridgehead atoms. The highest BCUT2D eigenvalue weighted by molar-refractivity contribution is 5.78. The predicted octanol–water partition coefficient (Wildman–Crippen LogP) is 3.99. The van der Waals surface area contributed by atoms with Crippen molar-refractivity contribution >= 4 is 5.91 Å². The fourth-order valence-corrected chi connectivity index (χ4v) is 4.29. The van der Waals surface area contributed by atoms with Crippen LogP contribution in [0.4, 0.5) is 0 Å². The molecular weight excluding hydrogens is 336 g/mol. The van der Waals surface area contributed by atoms with Crippen molar-refractivity contribution in [1.29, 1.82) is 0 Å². The van der Waals surface area contributed by atoms with Gasteiger partial charge in [0.25, 0.3) is 0 Å². The molecule has 27 heavy (non-hydrogen) atoms. The van der Waals surface area contributed by atoms with E-state index in [4.69, 9.17) is 4.74 Å². The molecule has 2 saturated heterocycles. The maximum atomic E-state index is 12.7. The molecule has 150 valence electrons. The largest absolute Gasteiger partial charge is 0.490 e. The van der Waals surface area contributed by atoms with E-state index in [9.17, 15) is 4.79 Å². The van der Waals surface area contributed by atoms with Crippen molar-refractivity contribution in [2.75, 3.05) is 32.7 Å². The summed E-state index contributed by atoms with van der Waals surface area (Å²) >= 11 is 0. The number of carbonyl (C=O) groups excluding carboxylic acids is 1. The predicted molar refractivity (Wildman–Crippen MR) is 110 cm³/mol. The van der Waals surface area contributed by atoms with E-state index < -0.39 is 0 Å². The van der Waals surface area contributed by atoms with Crippen molar-refractivity contribution in [3.05, 3.63) is 29.8 Å². The van der Waals surface area contributed by atoms with Crippen molar-refractivity contribution in [2.45, 2.75) is 59.0 Å². The van der Waals surface area contributed by atoms with E-state index in [0.717, 1.165) is 63.0 Å². The topological polar surface area (TPSA) is 32.8 Å². The lowest BCUT2D eigenvalue weighted by molar-refractivity contribution is -0.134. The number of nitrogens with zero attached hydrogens (tertiary/aromatic N) is 2. The summed E-state index contributed by atoms with van der Waals surface area (Å²) in [5.74, 6) is 2.84. The van der Waals surface area contributed by atoms with Crippen LogP contribution in [-0.2, 0) is 11.2 Å². The zero-order valence-electron chi connectivity index (χ0n) is 17.3. The summed E-state index contributed by atoms with van der Waals surface area (Å²) < 4.78 is 6.12. The average Bonchev–Trinajstić information content (AvgIpc) is 2.69. The van der Waals surface area contributed by atoms with Crippen LogP contribution in [0.2, 0.25) is 0 Å². The molecule has 2 aliphatic heterocycles. The molecule has 0 spiro atoms. The van der Waals surface area contributed by atoms with Crippen molar-refractivity contribution in [3.63, 3.8) is 0 Å². The zero-order chi connectivity index (χ0) is 19.2. The van der Waals surface area contributed by atoms with Gasteiger partial charge in [-0.1, -0.05) is 32.9 Å². The molecule has 0 aromatic heterocycles. The molecule has 0 saturated carbocycles. The zero-order valence-corrected chi connectivity index (χ0v) is 17.3. The van der Waals surface area contributed by atoms with Gasteiger partial charge in [-0.3, -0.25) is 9.69 Å². The van der Waals surface area contributed by atoms with Gasteiger partial charge in [-0.15, -0.1) is 0 Å². The third kappa shape index (κ3) is 5.71. The Morgan fingerprint density at radius 2 is 1.67 bits per heavy atom. The molecule has 1 aromatic carbocycles. The monoisotopic (exact) mass is 372 g/mol. The lowest BCUT2D eigenvalue weighted by Gasteiger charge is -2.36. The minimum Gasteiger partial charge on any atom is -0.490 e. The van der Waals surface area contributed by atoms with Crippen LogP contribution in [-0.4, -0.2) is 54.5 Å². The van der Waals surface area contributed by atoms with Gasteiger partial charge in [0.2, 0.25) is 5.91 Å². The average molecular weight is 373 g/mol. The summed E-state index contributed by atoms with van der Waals surface area (Å²) in [6.07, 6.45) is 5.60. The molecule has 0 radical (unpaired) electrons. The quantitative estimate of drug-likeness (QED) is 0.757. The van der Waals surface area contributed by atoms with Gasteiger partial charge >= 0.3 is 0 Å². The Hall–Kier alpha value is -1.55. The second-order valence-corrected chi connectivity index (χ2v) is 8.55. The van der Waals surface area contributed by atoms with Crippen molar-refractivity contribution < 1.29 is 9.53 Å². The molecule has 1 aromatic rings. The Morgan fingerprint density at radius 1 is 1.04 bits per heavy atom. The van der Waals surface area contributed by atoms with E-state index in [1.807, 2.05) is 4.90 Å². The maximum Gasteiger partial charge on any atom is 0.236 e. The van der Waals surface area contributed by atoms with Crippen molar-refractivity contribution in [3.8, 4) is 5.75 Å². The van der Waals surface area contributed by atoms with Crippen LogP contribution in [0.5, 0.6) is 5.75 Å². The molecule has 4 nitrogen and oxygen atoms in total. The molecule has 1 amide bonds. The highest BCUT2D eigenvalue weighted by atomic mass is 16.5. The van der Waals surface area contributed by atoms with Gasteiger partial charge < -0.3 is 9.64 Å². The van der Waals surface area contributed by atoms with Gasteiger partial charge in [-0.2, -0.15) is 0 Å². The first-order chi connectivity index (χ1) is 13.0. The van der Waals surface area contributed by atoms with Crippen molar-refractivity contribution in [1.82, 2.24) is 9.80 Å². The first-order valence-electron chi connectivity index (χ1n) is 10.8. The molecule has 2 fully saturated rings. The second-order valence-electron chi connectivity index (χ2n) is 8.55. The molecule has 4 heteroatoms. The lowest BCUT2D eigenvalue weighted by atomic mass is 9.87. The third-order valence-corrected chi connectivity index (χ3v) is 6.36. The Labute approximate surface area is 164 Å². The summed E-state index contributed by atoms with van der Waals surface area (Å²) in [5.41, 5.74) is 1.33. The maximum absolute atomic E-state index is 12.7. The number of likely N-dealkylation sites (tertiary alicyclic amines) is 2. The number of amides is 1. The van der Waals surface area contributed by atoms with E-state index >= 15 is 0 Å². The van der Waals surface area contributed by atoms with Crippen LogP contribution in [0.25, 0.3) is 0 Å². The summed E-state index contributed by atoms with van der Waals surface area (Å²) in [4.78, 5) is 17.0. The van der Waals surface area contributed by atoms with Crippen LogP contribution >= 0.6 is 0 Å². The molecule has 0 atom stereocenters. The minimum atomic E-state index is 0.225. The number of hydrogen-bond acceptors (Lipinski definition) is 3. The van der Waals surface area contributed by atoms with E-state index in [2.05, 4.69) is 49.9 Å². The van der Waals surface area contributed by atoms with Crippen LogP contribution in [0.1, 0.15) is 52.0 Å². The van der Waals surface area contributed by atoms with Gasteiger partial charge in [0.15, 0.2) is 0 Å². The molecule has 0 unspecified atom stereocenters. The van der Waals surface area contributed by atoms with Gasteiger partial charge in [0.1, 0.15) is 11.9 Å². The molecule has 0 N–H and O–H groups in total. The van der Waals surface area contributed by atoms with Crippen molar-refractivity contribution in [2.24, 2.45) is 11.8 Å². The number of aryl methyl sites for hydroxylation is 1. The standard InChI is InChI=1S/C23H36N2O2/c1-4-19-5-7-21(8-6-19)27-22-11-15-25(16-12-22)23(26)17-24-13-9-20(10-14-24)18(2)3/h5-8,18,20,22H,4,9-17H2,1-3H3.